The maximum absolute atomic E-state index is 12.9. The number of carbonyl (C=O) groups excluding carboxylic acids is 1. The maximum Gasteiger partial charge on any atom is 0.242 e. The van der Waals surface area contributed by atoms with E-state index in [9.17, 15) is 17.6 Å². The van der Waals surface area contributed by atoms with Crippen LogP contribution in [0.2, 0.25) is 0 Å². The van der Waals surface area contributed by atoms with Crippen molar-refractivity contribution in [1.29, 1.82) is 5.26 Å². The molecule has 0 heterocycles. The summed E-state index contributed by atoms with van der Waals surface area (Å²) in [5, 5.41) is 11.8. The molecular formula is C16H20FN3O3S. The Balaban J connectivity index is 1.84. The van der Waals surface area contributed by atoms with Gasteiger partial charge in [-0.3, -0.25) is 4.79 Å². The first-order chi connectivity index (χ1) is 11.3. The molecule has 1 amide bonds. The molecule has 130 valence electrons. The number of halogens is 1. The second-order valence-electron chi connectivity index (χ2n) is 5.98. The average molecular weight is 353 g/mol. The highest BCUT2D eigenvalue weighted by atomic mass is 32.2. The topological polar surface area (TPSA) is 90.3 Å². The number of carbonyl (C=O) groups is 1. The molecule has 1 aliphatic rings. The summed E-state index contributed by atoms with van der Waals surface area (Å²) < 4.78 is 38.6. The third-order valence-corrected chi connectivity index (χ3v) is 6.07. The van der Waals surface area contributed by atoms with Gasteiger partial charge in [0.05, 0.1) is 11.0 Å². The predicted molar refractivity (Wildman–Crippen MR) is 85.8 cm³/mol. The first kappa shape index (κ1) is 18.4. The number of benzene rings is 1. The van der Waals surface area contributed by atoms with Gasteiger partial charge in [0.25, 0.3) is 0 Å². The van der Waals surface area contributed by atoms with Crippen molar-refractivity contribution in [3.63, 3.8) is 0 Å². The van der Waals surface area contributed by atoms with Gasteiger partial charge in [-0.1, -0.05) is 0 Å². The fourth-order valence-corrected chi connectivity index (χ4v) is 3.70. The van der Waals surface area contributed by atoms with Crippen molar-refractivity contribution in [2.75, 3.05) is 13.6 Å². The molecule has 0 aromatic heterocycles. The summed E-state index contributed by atoms with van der Waals surface area (Å²) in [6.07, 6.45) is 2.73. The number of nitrogens with one attached hydrogen (secondary N) is 1. The summed E-state index contributed by atoms with van der Waals surface area (Å²) in [6, 6.07) is 6.73. The average Bonchev–Trinajstić information content (AvgIpc) is 2.51. The monoisotopic (exact) mass is 353 g/mol. The lowest BCUT2D eigenvalue weighted by atomic mass is 9.78. The van der Waals surface area contributed by atoms with E-state index in [1.807, 2.05) is 0 Å². The van der Waals surface area contributed by atoms with Crippen LogP contribution in [-0.2, 0) is 14.8 Å². The molecule has 6 nitrogen and oxygen atoms in total. The third kappa shape index (κ3) is 4.10. The van der Waals surface area contributed by atoms with Gasteiger partial charge in [-0.05, 0) is 49.9 Å². The van der Waals surface area contributed by atoms with Gasteiger partial charge in [0.15, 0.2) is 0 Å². The predicted octanol–water partition coefficient (Wildman–Crippen LogP) is 1.79. The molecule has 1 fully saturated rings. The Labute approximate surface area is 141 Å². The SMILES string of the molecule is CN(CCCC(=O)NC1(C#N)CCC1)S(=O)(=O)c1ccc(F)cc1. The zero-order valence-electron chi connectivity index (χ0n) is 13.5. The molecule has 0 radical (unpaired) electrons. The van der Waals surface area contributed by atoms with Crippen LogP contribution in [0.5, 0.6) is 0 Å². The Morgan fingerprint density at radius 1 is 1.38 bits per heavy atom. The zero-order chi connectivity index (χ0) is 17.8. The van der Waals surface area contributed by atoms with Crippen LogP contribution in [0, 0.1) is 17.1 Å². The molecule has 0 spiro atoms. The number of hydrogen-bond acceptors (Lipinski definition) is 4. The third-order valence-electron chi connectivity index (χ3n) is 4.20. The summed E-state index contributed by atoms with van der Waals surface area (Å²) in [4.78, 5) is 11.9. The van der Waals surface area contributed by atoms with E-state index in [2.05, 4.69) is 11.4 Å². The van der Waals surface area contributed by atoms with Crippen LogP contribution in [-0.4, -0.2) is 37.8 Å². The Hall–Kier alpha value is -1.98. The maximum atomic E-state index is 12.9. The summed E-state index contributed by atoms with van der Waals surface area (Å²) in [6.45, 7) is 0.159. The van der Waals surface area contributed by atoms with Crippen molar-refractivity contribution in [1.82, 2.24) is 9.62 Å². The lowest BCUT2D eigenvalue weighted by molar-refractivity contribution is -0.123. The highest BCUT2D eigenvalue weighted by Gasteiger charge is 2.38. The molecule has 2 rings (SSSR count). The summed E-state index contributed by atoms with van der Waals surface area (Å²) in [5.41, 5.74) is -0.733. The van der Waals surface area contributed by atoms with Crippen LogP contribution < -0.4 is 5.32 Å². The van der Waals surface area contributed by atoms with Crippen LogP contribution in [0.3, 0.4) is 0 Å². The molecule has 1 saturated carbocycles. The van der Waals surface area contributed by atoms with E-state index in [0.29, 0.717) is 19.3 Å². The van der Waals surface area contributed by atoms with Crippen molar-refractivity contribution < 1.29 is 17.6 Å². The zero-order valence-corrected chi connectivity index (χ0v) is 14.3. The van der Waals surface area contributed by atoms with Crippen molar-refractivity contribution in [2.45, 2.75) is 42.5 Å². The van der Waals surface area contributed by atoms with Crippen LogP contribution >= 0.6 is 0 Å². The van der Waals surface area contributed by atoms with Gasteiger partial charge in [0.2, 0.25) is 15.9 Å². The first-order valence-corrected chi connectivity index (χ1v) is 9.17. The Kier molecular flexibility index (Phi) is 5.57. The number of nitriles is 1. The minimum absolute atomic E-state index is 0.00810. The Bertz CT molecular complexity index is 737. The van der Waals surface area contributed by atoms with E-state index >= 15 is 0 Å². The van der Waals surface area contributed by atoms with Crippen molar-refractivity contribution in [2.24, 2.45) is 0 Å². The lowest BCUT2D eigenvalue weighted by Gasteiger charge is -2.35. The van der Waals surface area contributed by atoms with Gasteiger partial charge in [-0.15, -0.1) is 0 Å². The largest absolute Gasteiger partial charge is 0.338 e. The van der Waals surface area contributed by atoms with Gasteiger partial charge >= 0.3 is 0 Å². The van der Waals surface area contributed by atoms with E-state index in [1.165, 1.54) is 19.2 Å². The van der Waals surface area contributed by atoms with Gasteiger partial charge in [0, 0.05) is 20.0 Å². The van der Waals surface area contributed by atoms with Gasteiger partial charge in [-0.25, -0.2) is 17.1 Å². The molecule has 1 N–H and O–H groups in total. The molecule has 1 aromatic carbocycles. The quantitative estimate of drug-likeness (QED) is 0.809. The molecule has 24 heavy (non-hydrogen) atoms. The molecule has 0 aliphatic heterocycles. The molecular weight excluding hydrogens is 333 g/mol. The number of amides is 1. The van der Waals surface area contributed by atoms with Crippen LogP contribution in [0.15, 0.2) is 29.2 Å². The second kappa shape index (κ2) is 7.28. The highest BCUT2D eigenvalue weighted by molar-refractivity contribution is 7.89. The fourth-order valence-electron chi connectivity index (χ4n) is 2.49. The lowest BCUT2D eigenvalue weighted by Crippen LogP contribution is -2.52. The standard InChI is InChI=1S/C16H20FN3O3S/c1-20(24(22,23)14-7-5-13(17)6-8-14)11-2-4-15(21)19-16(12-18)9-3-10-16/h5-8H,2-4,9-11H2,1H3,(H,19,21). The molecule has 0 atom stereocenters. The molecule has 0 saturated heterocycles. The number of rotatable bonds is 7. The van der Waals surface area contributed by atoms with E-state index < -0.39 is 21.4 Å². The smallest absolute Gasteiger partial charge is 0.242 e. The molecule has 1 aliphatic carbocycles. The van der Waals surface area contributed by atoms with E-state index in [4.69, 9.17) is 5.26 Å². The number of nitrogens with zero attached hydrogens (tertiary/aromatic N) is 2. The van der Waals surface area contributed by atoms with E-state index in [0.717, 1.165) is 22.9 Å². The Morgan fingerprint density at radius 3 is 2.50 bits per heavy atom. The van der Waals surface area contributed by atoms with Crippen LogP contribution in [0.25, 0.3) is 0 Å². The van der Waals surface area contributed by atoms with Crippen LogP contribution in [0.1, 0.15) is 32.1 Å². The minimum atomic E-state index is -3.70. The Morgan fingerprint density at radius 2 is 2.00 bits per heavy atom. The minimum Gasteiger partial charge on any atom is -0.338 e. The fraction of sp³-hybridized carbons (Fsp3) is 0.500. The highest BCUT2D eigenvalue weighted by Crippen LogP contribution is 2.31. The number of sulfonamides is 1. The van der Waals surface area contributed by atoms with Gasteiger partial charge in [0.1, 0.15) is 11.4 Å². The van der Waals surface area contributed by atoms with Gasteiger partial charge in [-0.2, -0.15) is 5.26 Å². The first-order valence-electron chi connectivity index (χ1n) is 7.73. The second-order valence-corrected chi connectivity index (χ2v) is 8.02. The summed E-state index contributed by atoms with van der Waals surface area (Å²) in [7, 11) is -2.29. The molecule has 1 aromatic rings. The van der Waals surface area contributed by atoms with E-state index in [-0.39, 0.29) is 23.8 Å². The number of hydrogen-bond donors (Lipinski definition) is 1. The molecule has 8 heteroatoms. The summed E-state index contributed by atoms with van der Waals surface area (Å²) in [5.74, 6) is -0.750. The summed E-state index contributed by atoms with van der Waals surface area (Å²) >= 11 is 0. The van der Waals surface area contributed by atoms with Crippen LogP contribution in [0.4, 0.5) is 4.39 Å². The van der Waals surface area contributed by atoms with Crippen molar-refractivity contribution in [3.05, 3.63) is 30.1 Å². The van der Waals surface area contributed by atoms with Crippen molar-refractivity contribution in [3.8, 4) is 6.07 Å². The van der Waals surface area contributed by atoms with Gasteiger partial charge < -0.3 is 5.32 Å². The molecule has 0 unspecified atom stereocenters. The van der Waals surface area contributed by atoms with E-state index in [1.54, 1.807) is 0 Å². The molecule has 0 bridgehead atoms. The van der Waals surface area contributed by atoms with Crippen molar-refractivity contribution >= 4 is 15.9 Å². The normalized spacial score (nSPS) is 16.2.